The summed E-state index contributed by atoms with van der Waals surface area (Å²) in [5, 5.41) is 12.7. The molecular formula is C16H23N3O2. The number of para-hydroxylation sites is 1. The average molecular weight is 289 g/mol. The summed E-state index contributed by atoms with van der Waals surface area (Å²) in [6.45, 7) is 4.71. The number of carbonyl (C=O) groups excluding carboxylic acids is 1. The number of hydrogen-bond donors (Lipinski definition) is 2. The van der Waals surface area contributed by atoms with E-state index >= 15 is 0 Å². The molecule has 0 unspecified atom stereocenters. The van der Waals surface area contributed by atoms with E-state index in [0.29, 0.717) is 0 Å². The van der Waals surface area contributed by atoms with Crippen molar-refractivity contribution < 1.29 is 9.90 Å². The third-order valence-electron chi connectivity index (χ3n) is 4.55. The van der Waals surface area contributed by atoms with Gasteiger partial charge in [0.2, 0.25) is 0 Å². The zero-order valence-corrected chi connectivity index (χ0v) is 12.8. The largest absolute Gasteiger partial charge is 0.394 e. The van der Waals surface area contributed by atoms with E-state index in [0.717, 1.165) is 6.54 Å². The van der Waals surface area contributed by atoms with E-state index in [4.69, 9.17) is 0 Å². The van der Waals surface area contributed by atoms with Gasteiger partial charge >= 0.3 is 6.03 Å². The van der Waals surface area contributed by atoms with Gasteiger partial charge in [-0.05, 0) is 25.5 Å². The number of rotatable bonds is 2. The van der Waals surface area contributed by atoms with E-state index in [-0.39, 0.29) is 36.7 Å². The molecule has 0 bridgehead atoms. The highest BCUT2D eigenvalue weighted by Crippen LogP contribution is 2.47. The van der Waals surface area contributed by atoms with Gasteiger partial charge in [0, 0.05) is 31.2 Å². The molecule has 2 aliphatic heterocycles. The Kier molecular flexibility index (Phi) is 3.53. The third kappa shape index (κ3) is 2.16. The Labute approximate surface area is 125 Å². The number of nitrogens with one attached hydrogen (secondary N) is 1. The number of fused-ring (bicyclic) bond motifs is 3. The van der Waals surface area contributed by atoms with Gasteiger partial charge in [-0.15, -0.1) is 0 Å². The number of nitrogens with zero attached hydrogens (tertiary/aromatic N) is 2. The van der Waals surface area contributed by atoms with Crippen molar-refractivity contribution in [1.82, 2.24) is 10.2 Å². The molecule has 0 saturated carbocycles. The van der Waals surface area contributed by atoms with Crippen molar-refractivity contribution in [2.45, 2.75) is 37.9 Å². The zero-order valence-electron chi connectivity index (χ0n) is 12.8. The predicted molar refractivity (Wildman–Crippen MR) is 82.6 cm³/mol. The lowest BCUT2D eigenvalue weighted by molar-refractivity contribution is -0.00784. The molecule has 3 atom stereocenters. The normalized spacial score (nSPS) is 27.0. The molecule has 0 aromatic heterocycles. The van der Waals surface area contributed by atoms with Crippen LogP contribution in [-0.2, 0) is 0 Å². The van der Waals surface area contributed by atoms with Gasteiger partial charge in [-0.3, -0.25) is 0 Å². The van der Waals surface area contributed by atoms with Crippen LogP contribution >= 0.6 is 0 Å². The SMILES string of the molecule is CC(C)NC(=O)N1[C@@H](CO)[C@@H]2c3ccccc3N(C)C[C@@H]21. The van der Waals surface area contributed by atoms with Gasteiger partial charge in [-0.2, -0.15) is 0 Å². The summed E-state index contributed by atoms with van der Waals surface area (Å²) in [6.07, 6.45) is 0. The van der Waals surface area contributed by atoms with Gasteiger partial charge in [-0.1, -0.05) is 18.2 Å². The summed E-state index contributed by atoms with van der Waals surface area (Å²) in [7, 11) is 2.06. The average Bonchev–Trinajstić information content (AvgIpc) is 2.41. The van der Waals surface area contributed by atoms with Crippen molar-refractivity contribution >= 4 is 11.7 Å². The van der Waals surface area contributed by atoms with Crippen LogP contribution in [0.25, 0.3) is 0 Å². The first-order valence-corrected chi connectivity index (χ1v) is 7.54. The highest BCUT2D eigenvalue weighted by Gasteiger charge is 2.54. The van der Waals surface area contributed by atoms with E-state index in [1.54, 1.807) is 0 Å². The zero-order chi connectivity index (χ0) is 15.1. The molecule has 2 aliphatic rings. The Morgan fingerprint density at radius 1 is 1.43 bits per heavy atom. The molecule has 1 saturated heterocycles. The van der Waals surface area contributed by atoms with Crippen LogP contribution in [0.3, 0.4) is 0 Å². The second-order valence-corrected chi connectivity index (χ2v) is 6.29. The van der Waals surface area contributed by atoms with Crippen molar-refractivity contribution in [2.24, 2.45) is 0 Å². The molecule has 5 heteroatoms. The maximum atomic E-state index is 12.4. The number of benzene rings is 1. The topological polar surface area (TPSA) is 55.8 Å². The van der Waals surface area contributed by atoms with E-state index < -0.39 is 0 Å². The number of likely N-dealkylation sites (N-methyl/N-ethyl adjacent to an activating group) is 1. The van der Waals surface area contributed by atoms with Crippen LogP contribution < -0.4 is 10.2 Å². The van der Waals surface area contributed by atoms with Gasteiger partial charge in [0.25, 0.3) is 0 Å². The Balaban J connectivity index is 1.89. The highest BCUT2D eigenvalue weighted by atomic mass is 16.3. The molecule has 1 aromatic rings. The molecule has 0 spiro atoms. The Hall–Kier alpha value is -1.75. The van der Waals surface area contributed by atoms with Gasteiger partial charge in [-0.25, -0.2) is 4.79 Å². The van der Waals surface area contributed by atoms with Crippen LogP contribution in [-0.4, -0.2) is 54.4 Å². The summed E-state index contributed by atoms with van der Waals surface area (Å²) in [6, 6.07) is 8.33. The first-order chi connectivity index (χ1) is 10.0. The van der Waals surface area contributed by atoms with Crippen molar-refractivity contribution in [2.75, 3.05) is 25.1 Å². The molecule has 2 heterocycles. The molecule has 2 N–H and O–H groups in total. The number of urea groups is 1. The Morgan fingerprint density at radius 2 is 2.14 bits per heavy atom. The van der Waals surface area contributed by atoms with Gasteiger partial charge in [0.15, 0.2) is 0 Å². The van der Waals surface area contributed by atoms with Crippen molar-refractivity contribution in [3.63, 3.8) is 0 Å². The molecular weight excluding hydrogens is 266 g/mol. The molecule has 0 radical (unpaired) electrons. The minimum atomic E-state index is -0.122. The molecule has 114 valence electrons. The van der Waals surface area contributed by atoms with Crippen LogP contribution in [0.4, 0.5) is 10.5 Å². The number of hydrogen-bond acceptors (Lipinski definition) is 3. The fourth-order valence-corrected chi connectivity index (χ4v) is 3.68. The van der Waals surface area contributed by atoms with Gasteiger partial charge < -0.3 is 20.2 Å². The Bertz CT molecular complexity index is 546. The van der Waals surface area contributed by atoms with Crippen LogP contribution in [0.15, 0.2) is 24.3 Å². The monoisotopic (exact) mass is 289 g/mol. The van der Waals surface area contributed by atoms with E-state index in [9.17, 15) is 9.90 Å². The van der Waals surface area contributed by atoms with E-state index in [1.807, 2.05) is 30.9 Å². The minimum absolute atomic E-state index is 0.00469. The Morgan fingerprint density at radius 3 is 2.81 bits per heavy atom. The number of aliphatic hydroxyl groups is 1. The minimum Gasteiger partial charge on any atom is -0.394 e. The molecule has 1 aromatic carbocycles. The molecule has 21 heavy (non-hydrogen) atoms. The number of carbonyl (C=O) groups is 1. The maximum Gasteiger partial charge on any atom is 0.318 e. The summed E-state index contributed by atoms with van der Waals surface area (Å²) < 4.78 is 0. The first kappa shape index (κ1) is 14.2. The number of likely N-dealkylation sites (tertiary alicyclic amines) is 1. The maximum absolute atomic E-state index is 12.4. The summed E-state index contributed by atoms with van der Waals surface area (Å²) >= 11 is 0. The second-order valence-electron chi connectivity index (χ2n) is 6.29. The predicted octanol–water partition coefficient (Wildman–Crippen LogP) is 1.38. The van der Waals surface area contributed by atoms with Crippen LogP contribution in [0.1, 0.15) is 25.3 Å². The fourth-order valence-electron chi connectivity index (χ4n) is 3.68. The summed E-state index contributed by atoms with van der Waals surface area (Å²) in [5.74, 6) is 0.236. The molecule has 5 nitrogen and oxygen atoms in total. The molecule has 2 amide bonds. The molecule has 1 fully saturated rings. The van der Waals surface area contributed by atoms with Crippen molar-refractivity contribution in [3.05, 3.63) is 29.8 Å². The van der Waals surface area contributed by atoms with Crippen LogP contribution in [0, 0.1) is 0 Å². The van der Waals surface area contributed by atoms with E-state index in [2.05, 4.69) is 29.4 Å². The highest BCUT2D eigenvalue weighted by molar-refractivity contribution is 5.78. The molecule has 0 aliphatic carbocycles. The third-order valence-corrected chi connectivity index (χ3v) is 4.55. The second kappa shape index (κ2) is 5.22. The fraction of sp³-hybridized carbons (Fsp3) is 0.562. The summed E-state index contributed by atoms with van der Waals surface area (Å²) in [4.78, 5) is 16.4. The van der Waals surface area contributed by atoms with E-state index in [1.165, 1.54) is 11.3 Å². The number of anilines is 1. The number of amides is 2. The lowest BCUT2D eigenvalue weighted by atomic mass is 9.72. The molecule has 3 rings (SSSR count). The summed E-state index contributed by atoms with van der Waals surface area (Å²) in [5.41, 5.74) is 2.45. The van der Waals surface area contributed by atoms with Crippen LogP contribution in [0.5, 0.6) is 0 Å². The van der Waals surface area contributed by atoms with Crippen molar-refractivity contribution in [3.8, 4) is 0 Å². The first-order valence-electron chi connectivity index (χ1n) is 7.54. The van der Waals surface area contributed by atoms with Crippen LogP contribution in [0.2, 0.25) is 0 Å². The lowest BCUT2D eigenvalue weighted by Crippen LogP contribution is -2.71. The van der Waals surface area contributed by atoms with Gasteiger partial charge in [0.05, 0.1) is 18.7 Å². The lowest BCUT2D eigenvalue weighted by Gasteiger charge is -2.58. The van der Waals surface area contributed by atoms with Crippen molar-refractivity contribution in [1.29, 1.82) is 0 Å². The quantitative estimate of drug-likeness (QED) is 0.865. The smallest absolute Gasteiger partial charge is 0.318 e. The standard InChI is InChI=1S/C16H23N3O2/c1-10(2)17-16(21)19-13-8-18(3)12-7-5-4-6-11(12)15(13)14(19)9-20/h4-7,10,13-15,20H,8-9H2,1-3H3,(H,17,21)/t13-,14-,15+/m0/s1. The van der Waals surface area contributed by atoms with Gasteiger partial charge in [0.1, 0.15) is 0 Å². The number of aliphatic hydroxyl groups excluding tert-OH is 1.